The highest BCUT2D eigenvalue weighted by Gasteiger charge is 2.25. The Hall–Kier alpha value is -1.10. The fourth-order valence-corrected chi connectivity index (χ4v) is 2.54. The molecule has 1 aromatic carbocycles. The van der Waals surface area contributed by atoms with Gasteiger partial charge in [0.1, 0.15) is 11.9 Å². The molecular formula is C16H25NO3. The summed E-state index contributed by atoms with van der Waals surface area (Å²) in [6.07, 6.45) is 3.62. The van der Waals surface area contributed by atoms with Crippen molar-refractivity contribution >= 4 is 0 Å². The van der Waals surface area contributed by atoms with Crippen molar-refractivity contribution in [1.29, 1.82) is 0 Å². The van der Waals surface area contributed by atoms with Gasteiger partial charge in [0, 0.05) is 25.8 Å². The number of methoxy groups -OCH3 is 1. The molecule has 112 valence electrons. The Morgan fingerprint density at radius 1 is 1.25 bits per heavy atom. The molecule has 0 bridgehead atoms. The van der Waals surface area contributed by atoms with Crippen LogP contribution in [0.2, 0.25) is 0 Å². The van der Waals surface area contributed by atoms with Gasteiger partial charge >= 0.3 is 0 Å². The monoisotopic (exact) mass is 279 g/mol. The van der Waals surface area contributed by atoms with E-state index in [4.69, 9.17) is 9.47 Å². The molecule has 20 heavy (non-hydrogen) atoms. The summed E-state index contributed by atoms with van der Waals surface area (Å²) in [5, 5.41) is 13.3. The van der Waals surface area contributed by atoms with Gasteiger partial charge < -0.3 is 19.9 Å². The van der Waals surface area contributed by atoms with E-state index in [0.29, 0.717) is 6.61 Å². The minimum atomic E-state index is -0.335. The summed E-state index contributed by atoms with van der Waals surface area (Å²) in [6, 6.07) is 8.03. The minimum Gasteiger partial charge on any atom is -0.487 e. The second kappa shape index (κ2) is 8.25. The number of hydrogen-bond acceptors (Lipinski definition) is 4. The summed E-state index contributed by atoms with van der Waals surface area (Å²) < 4.78 is 11.1. The van der Waals surface area contributed by atoms with Gasteiger partial charge in [0.05, 0.1) is 12.7 Å². The fourth-order valence-electron chi connectivity index (χ4n) is 2.54. The van der Waals surface area contributed by atoms with E-state index in [1.165, 1.54) is 0 Å². The smallest absolute Gasteiger partial charge is 0.124 e. The second-order valence-electron chi connectivity index (χ2n) is 5.29. The minimum absolute atomic E-state index is 0.0659. The Balaban J connectivity index is 1.92. The van der Waals surface area contributed by atoms with Gasteiger partial charge in [0.25, 0.3) is 0 Å². The van der Waals surface area contributed by atoms with Crippen LogP contribution in [0.4, 0.5) is 0 Å². The summed E-state index contributed by atoms with van der Waals surface area (Å²) >= 11 is 0. The van der Waals surface area contributed by atoms with Crippen molar-refractivity contribution in [2.24, 2.45) is 0 Å². The molecule has 2 rings (SSSR count). The van der Waals surface area contributed by atoms with Crippen molar-refractivity contribution in [1.82, 2.24) is 5.32 Å². The number of rotatable bonds is 7. The second-order valence-corrected chi connectivity index (χ2v) is 5.29. The van der Waals surface area contributed by atoms with Gasteiger partial charge in [-0.2, -0.15) is 0 Å². The highest BCUT2D eigenvalue weighted by atomic mass is 16.5. The molecule has 0 heterocycles. The van der Waals surface area contributed by atoms with Crippen LogP contribution >= 0.6 is 0 Å². The van der Waals surface area contributed by atoms with Gasteiger partial charge in [-0.25, -0.2) is 0 Å². The van der Waals surface area contributed by atoms with Crippen LogP contribution < -0.4 is 10.1 Å². The first kappa shape index (κ1) is 15.3. The Morgan fingerprint density at radius 3 is 2.85 bits per heavy atom. The van der Waals surface area contributed by atoms with Gasteiger partial charge in [-0.3, -0.25) is 0 Å². The third-order valence-corrected chi connectivity index (χ3v) is 3.72. The van der Waals surface area contributed by atoms with Gasteiger partial charge in [0.15, 0.2) is 0 Å². The Morgan fingerprint density at radius 2 is 2.05 bits per heavy atom. The van der Waals surface area contributed by atoms with Gasteiger partial charge in [-0.15, -0.1) is 0 Å². The lowest BCUT2D eigenvalue weighted by Crippen LogP contribution is -2.35. The number of aliphatic hydroxyl groups is 1. The molecule has 0 radical (unpaired) electrons. The predicted octanol–water partition coefficient (Wildman–Crippen LogP) is 2.10. The molecule has 0 aromatic heterocycles. The van der Waals surface area contributed by atoms with E-state index in [1.54, 1.807) is 7.11 Å². The van der Waals surface area contributed by atoms with Gasteiger partial charge in [-0.05, 0) is 25.3 Å². The molecule has 0 amide bonds. The molecule has 1 aromatic rings. The topological polar surface area (TPSA) is 50.7 Å². The van der Waals surface area contributed by atoms with Crippen molar-refractivity contribution in [3.05, 3.63) is 29.8 Å². The molecule has 0 spiro atoms. The molecule has 4 heteroatoms. The van der Waals surface area contributed by atoms with Crippen molar-refractivity contribution < 1.29 is 14.6 Å². The average molecular weight is 279 g/mol. The maximum Gasteiger partial charge on any atom is 0.124 e. The SMILES string of the molecule is COCCNCc1ccccc1OC1CCCCC1O. The zero-order valence-electron chi connectivity index (χ0n) is 12.2. The molecular weight excluding hydrogens is 254 g/mol. The zero-order chi connectivity index (χ0) is 14.2. The largest absolute Gasteiger partial charge is 0.487 e. The molecule has 1 aliphatic carbocycles. The third kappa shape index (κ3) is 4.47. The first-order valence-corrected chi connectivity index (χ1v) is 7.43. The first-order chi connectivity index (χ1) is 9.81. The molecule has 2 unspecified atom stereocenters. The normalized spacial score (nSPS) is 22.7. The summed E-state index contributed by atoms with van der Waals surface area (Å²) in [4.78, 5) is 0. The van der Waals surface area contributed by atoms with E-state index in [-0.39, 0.29) is 12.2 Å². The maximum atomic E-state index is 10.0. The molecule has 0 aliphatic heterocycles. The Bertz CT molecular complexity index is 397. The highest BCUT2D eigenvalue weighted by Crippen LogP contribution is 2.26. The summed E-state index contributed by atoms with van der Waals surface area (Å²) in [6.45, 7) is 2.27. The molecule has 1 saturated carbocycles. The summed E-state index contributed by atoms with van der Waals surface area (Å²) in [7, 11) is 1.70. The van der Waals surface area contributed by atoms with Crippen LogP contribution in [-0.2, 0) is 11.3 Å². The van der Waals surface area contributed by atoms with Crippen molar-refractivity contribution in [3.63, 3.8) is 0 Å². The lowest BCUT2D eigenvalue weighted by molar-refractivity contribution is 0.00635. The molecule has 4 nitrogen and oxygen atoms in total. The number of benzene rings is 1. The van der Waals surface area contributed by atoms with Crippen LogP contribution in [0.15, 0.2) is 24.3 Å². The van der Waals surface area contributed by atoms with Crippen LogP contribution in [0, 0.1) is 0 Å². The lowest BCUT2D eigenvalue weighted by Gasteiger charge is -2.29. The number of ether oxygens (including phenoxy) is 2. The van der Waals surface area contributed by atoms with Gasteiger partial charge in [0.2, 0.25) is 0 Å². The highest BCUT2D eigenvalue weighted by molar-refractivity contribution is 5.33. The van der Waals surface area contributed by atoms with E-state index in [0.717, 1.165) is 50.1 Å². The van der Waals surface area contributed by atoms with Crippen LogP contribution in [0.3, 0.4) is 0 Å². The zero-order valence-corrected chi connectivity index (χ0v) is 12.2. The van der Waals surface area contributed by atoms with Gasteiger partial charge in [-0.1, -0.05) is 24.6 Å². The predicted molar refractivity (Wildman–Crippen MR) is 78.9 cm³/mol. The Labute approximate surface area is 121 Å². The van der Waals surface area contributed by atoms with Crippen LogP contribution in [-0.4, -0.2) is 37.6 Å². The standard InChI is InChI=1S/C16H25NO3/c1-19-11-10-17-12-13-6-2-4-8-15(13)20-16-9-5-3-7-14(16)18/h2,4,6,8,14,16-18H,3,5,7,9-12H2,1H3. The summed E-state index contributed by atoms with van der Waals surface area (Å²) in [5.74, 6) is 0.878. The van der Waals surface area contributed by atoms with E-state index in [9.17, 15) is 5.11 Å². The van der Waals surface area contributed by atoms with Crippen molar-refractivity contribution in [2.75, 3.05) is 20.3 Å². The molecule has 0 saturated heterocycles. The van der Waals surface area contributed by atoms with E-state index >= 15 is 0 Å². The maximum absolute atomic E-state index is 10.0. The average Bonchev–Trinajstić information content (AvgIpc) is 2.47. The molecule has 1 aliphatic rings. The van der Waals surface area contributed by atoms with Crippen LogP contribution in [0.5, 0.6) is 5.75 Å². The van der Waals surface area contributed by atoms with Crippen molar-refractivity contribution in [2.45, 2.75) is 44.4 Å². The van der Waals surface area contributed by atoms with E-state index in [1.807, 2.05) is 18.2 Å². The Kier molecular flexibility index (Phi) is 6.30. The third-order valence-electron chi connectivity index (χ3n) is 3.72. The number of nitrogens with one attached hydrogen (secondary N) is 1. The van der Waals surface area contributed by atoms with Crippen LogP contribution in [0.25, 0.3) is 0 Å². The number of aliphatic hydroxyl groups excluding tert-OH is 1. The van der Waals surface area contributed by atoms with E-state index in [2.05, 4.69) is 11.4 Å². The number of hydrogen-bond donors (Lipinski definition) is 2. The fraction of sp³-hybridized carbons (Fsp3) is 0.625. The molecule has 2 atom stereocenters. The number of para-hydroxylation sites is 1. The van der Waals surface area contributed by atoms with E-state index < -0.39 is 0 Å². The van der Waals surface area contributed by atoms with Crippen LogP contribution in [0.1, 0.15) is 31.2 Å². The quantitative estimate of drug-likeness (QED) is 0.751. The lowest BCUT2D eigenvalue weighted by atomic mass is 9.95. The first-order valence-electron chi connectivity index (χ1n) is 7.43. The molecule has 1 fully saturated rings. The summed E-state index contributed by atoms with van der Waals surface area (Å²) in [5.41, 5.74) is 1.13. The molecule has 2 N–H and O–H groups in total. The van der Waals surface area contributed by atoms with Crippen molar-refractivity contribution in [3.8, 4) is 5.75 Å².